The minimum absolute atomic E-state index is 0.0687. The van der Waals surface area contributed by atoms with E-state index in [1.54, 1.807) is 0 Å². The molecule has 1 N–H and O–H groups in total. The van der Waals surface area contributed by atoms with E-state index in [1.807, 2.05) is 66.9 Å². The summed E-state index contributed by atoms with van der Waals surface area (Å²) in [5.74, 6) is 0.931. The van der Waals surface area contributed by atoms with Gasteiger partial charge in [0.15, 0.2) is 11.0 Å². The van der Waals surface area contributed by atoms with E-state index in [1.165, 1.54) is 17.3 Å². The van der Waals surface area contributed by atoms with E-state index in [9.17, 15) is 4.79 Å². The Morgan fingerprint density at radius 1 is 0.938 bits per heavy atom. The summed E-state index contributed by atoms with van der Waals surface area (Å²) >= 11 is 1.38. The maximum atomic E-state index is 12.7. The number of thioether (sulfide) groups is 1. The second-order valence-electron chi connectivity index (χ2n) is 7.61. The Balaban J connectivity index is 1.60. The summed E-state index contributed by atoms with van der Waals surface area (Å²) in [6.45, 7) is 6.19. The fourth-order valence-electron chi connectivity index (χ4n) is 3.45. The second kappa shape index (κ2) is 9.83. The molecule has 5 nitrogen and oxygen atoms in total. The summed E-state index contributed by atoms with van der Waals surface area (Å²) in [4.78, 5) is 12.7. The van der Waals surface area contributed by atoms with Crippen molar-refractivity contribution in [1.29, 1.82) is 0 Å². The molecule has 0 radical (unpaired) electrons. The lowest BCUT2D eigenvalue weighted by Crippen LogP contribution is -2.15. The van der Waals surface area contributed by atoms with Crippen molar-refractivity contribution in [3.63, 3.8) is 0 Å². The first-order valence-corrected chi connectivity index (χ1v) is 11.6. The number of rotatable bonds is 7. The maximum absolute atomic E-state index is 12.7. The van der Waals surface area contributed by atoms with Crippen LogP contribution in [0.25, 0.3) is 17.1 Å². The van der Waals surface area contributed by atoms with Gasteiger partial charge >= 0.3 is 0 Å². The molecule has 0 aliphatic heterocycles. The van der Waals surface area contributed by atoms with Gasteiger partial charge in [-0.05, 0) is 55.2 Å². The molecule has 1 amide bonds. The van der Waals surface area contributed by atoms with Crippen LogP contribution in [-0.4, -0.2) is 26.4 Å². The predicted molar refractivity (Wildman–Crippen MR) is 131 cm³/mol. The monoisotopic (exact) mass is 442 g/mol. The molecule has 0 bridgehead atoms. The van der Waals surface area contributed by atoms with Crippen molar-refractivity contribution in [3.05, 3.63) is 89.5 Å². The minimum atomic E-state index is -0.0687. The summed E-state index contributed by atoms with van der Waals surface area (Å²) in [7, 11) is 0. The highest BCUT2D eigenvalue weighted by Crippen LogP contribution is 2.28. The van der Waals surface area contributed by atoms with Crippen LogP contribution in [0.2, 0.25) is 0 Å². The molecule has 4 aromatic rings. The number of nitrogens with zero attached hydrogens (tertiary/aromatic N) is 3. The van der Waals surface area contributed by atoms with Crippen molar-refractivity contribution in [2.24, 2.45) is 0 Å². The van der Waals surface area contributed by atoms with Crippen LogP contribution in [0.3, 0.4) is 0 Å². The van der Waals surface area contributed by atoms with Crippen molar-refractivity contribution in [2.75, 3.05) is 11.1 Å². The average Bonchev–Trinajstić information content (AvgIpc) is 3.25. The molecular formula is C26H26N4OS. The van der Waals surface area contributed by atoms with Gasteiger partial charge in [-0.2, -0.15) is 0 Å². The molecule has 0 aliphatic carbocycles. The molecule has 0 fully saturated rings. The Morgan fingerprint density at radius 3 is 2.41 bits per heavy atom. The largest absolute Gasteiger partial charge is 0.325 e. The standard InChI is InChI=1S/C26H26N4OS/c1-4-20-13-15-22(16-14-20)30-25(21-10-6-5-7-11-21)28-29-26(30)32-17-24(31)27-23-12-8-9-18(2)19(23)3/h5-16H,4,17H2,1-3H3,(H,27,31). The summed E-state index contributed by atoms with van der Waals surface area (Å²) in [6, 6.07) is 24.3. The Labute approximate surface area is 192 Å². The third kappa shape index (κ3) is 4.75. The lowest BCUT2D eigenvalue weighted by molar-refractivity contribution is -0.113. The van der Waals surface area contributed by atoms with E-state index < -0.39 is 0 Å². The van der Waals surface area contributed by atoms with Crippen LogP contribution in [0, 0.1) is 13.8 Å². The molecule has 1 aromatic heterocycles. The summed E-state index contributed by atoms with van der Waals surface area (Å²) < 4.78 is 2.02. The van der Waals surface area contributed by atoms with E-state index >= 15 is 0 Å². The molecule has 0 saturated carbocycles. The van der Waals surface area contributed by atoms with Crippen LogP contribution in [0.4, 0.5) is 5.69 Å². The molecule has 6 heteroatoms. The number of benzene rings is 3. The van der Waals surface area contributed by atoms with E-state index in [0.717, 1.165) is 40.3 Å². The number of aryl methyl sites for hydroxylation is 2. The van der Waals surface area contributed by atoms with Crippen molar-refractivity contribution >= 4 is 23.4 Å². The number of carbonyl (C=O) groups is 1. The lowest BCUT2D eigenvalue weighted by Gasteiger charge is -2.12. The van der Waals surface area contributed by atoms with Crippen molar-refractivity contribution in [3.8, 4) is 17.1 Å². The molecule has 3 aromatic carbocycles. The van der Waals surface area contributed by atoms with Gasteiger partial charge in [0.1, 0.15) is 0 Å². The average molecular weight is 443 g/mol. The van der Waals surface area contributed by atoms with E-state index in [4.69, 9.17) is 0 Å². The Kier molecular flexibility index (Phi) is 6.71. The Hall–Kier alpha value is -3.38. The van der Waals surface area contributed by atoms with E-state index in [-0.39, 0.29) is 11.7 Å². The lowest BCUT2D eigenvalue weighted by atomic mass is 10.1. The number of hydrogen-bond acceptors (Lipinski definition) is 4. The first-order valence-electron chi connectivity index (χ1n) is 10.7. The number of amides is 1. The van der Waals surface area contributed by atoms with Crippen LogP contribution < -0.4 is 5.32 Å². The van der Waals surface area contributed by atoms with Gasteiger partial charge in [0.2, 0.25) is 5.91 Å². The number of nitrogens with one attached hydrogen (secondary N) is 1. The maximum Gasteiger partial charge on any atom is 0.234 e. The van der Waals surface area contributed by atoms with Gasteiger partial charge in [0, 0.05) is 16.9 Å². The van der Waals surface area contributed by atoms with Crippen molar-refractivity contribution in [2.45, 2.75) is 32.3 Å². The zero-order valence-corrected chi connectivity index (χ0v) is 19.3. The predicted octanol–water partition coefficient (Wildman–Crippen LogP) is 5.84. The zero-order valence-electron chi connectivity index (χ0n) is 18.5. The smallest absolute Gasteiger partial charge is 0.234 e. The van der Waals surface area contributed by atoms with Gasteiger partial charge in [-0.3, -0.25) is 9.36 Å². The molecule has 0 unspecified atom stereocenters. The van der Waals surface area contributed by atoms with Gasteiger partial charge in [-0.25, -0.2) is 0 Å². The first kappa shape index (κ1) is 21.8. The van der Waals surface area contributed by atoms with Crippen LogP contribution in [0.1, 0.15) is 23.6 Å². The summed E-state index contributed by atoms with van der Waals surface area (Å²) in [6.07, 6.45) is 0.980. The second-order valence-corrected chi connectivity index (χ2v) is 8.55. The van der Waals surface area contributed by atoms with E-state index in [2.05, 4.69) is 46.7 Å². The SMILES string of the molecule is CCc1ccc(-n2c(SCC(=O)Nc3cccc(C)c3C)nnc2-c2ccccc2)cc1. The summed E-state index contributed by atoms with van der Waals surface area (Å²) in [5, 5.41) is 12.6. The molecule has 32 heavy (non-hydrogen) atoms. The van der Waals surface area contributed by atoms with Gasteiger partial charge in [0.05, 0.1) is 5.75 Å². The number of aromatic nitrogens is 3. The molecule has 0 saturated heterocycles. The van der Waals surface area contributed by atoms with Crippen LogP contribution in [0.5, 0.6) is 0 Å². The van der Waals surface area contributed by atoms with Crippen LogP contribution in [0.15, 0.2) is 78.0 Å². The Morgan fingerprint density at radius 2 is 1.69 bits per heavy atom. The van der Waals surface area contributed by atoms with Crippen LogP contribution >= 0.6 is 11.8 Å². The highest BCUT2D eigenvalue weighted by molar-refractivity contribution is 7.99. The van der Waals surface area contributed by atoms with Crippen LogP contribution in [-0.2, 0) is 11.2 Å². The molecule has 162 valence electrons. The molecular weight excluding hydrogens is 416 g/mol. The number of anilines is 1. The molecule has 0 aliphatic rings. The van der Waals surface area contributed by atoms with Crippen molar-refractivity contribution < 1.29 is 4.79 Å². The molecule has 1 heterocycles. The fourth-order valence-corrected chi connectivity index (χ4v) is 4.21. The zero-order chi connectivity index (χ0) is 22.5. The number of carbonyl (C=O) groups excluding carboxylic acids is 1. The first-order chi connectivity index (χ1) is 15.6. The topological polar surface area (TPSA) is 59.8 Å². The van der Waals surface area contributed by atoms with Gasteiger partial charge in [0.25, 0.3) is 0 Å². The quantitative estimate of drug-likeness (QED) is 0.365. The van der Waals surface area contributed by atoms with E-state index in [0.29, 0.717) is 5.16 Å². The highest BCUT2D eigenvalue weighted by atomic mass is 32.2. The normalized spacial score (nSPS) is 10.8. The fraction of sp³-hybridized carbons (Fsp3) is 0.192. The molecule has 4 rings (SSSR count). The third-order valence-electron chi connectivity index (χ3n) is 5.48. The molecule has 0 atom stereocenters. The minimum Gasteiger partial charge on any atom is -0.325 e. The summed E-state index contributed by atoms with van der Waals surface area (Å²) in [5.41, 5.74) is 6.30. The van der Waals surface area contributed by atoms with Gasteiger partial charge in [-0.15, -0.1) is 10.2 Å². The van der Waals surface area contributed by atoms with Crippen molar-refractivity contribution in [1.82, 2.24) is 14.8 Å². The highest BCUT2D eigenvalue weighted by Gasteiger charge is 2.17. The molecule has 0 spiro atoms. The van der Waals surface area contributed by atoms with Gasteiger partial charge < -0.3 is 5.32 Å². The Bertz CT molecular complexity index is 1220. The van der Waals surface area contributed by atoms with Gasteiger partial charge in [-0.1, -0.05) is 73.3 Å². The third-order valence-corrected chi connectivity index (χ3v) is 6.41. The number of hydrogen-bond donors (Lipinski definition) is 1.